The molecule has 2 aliphatic rings. The lowest BCUT2D eigenvalue weighted by Crippen LogP contribution is -2.12. The monoisotopic (exact) mass is 288 g/mol. The van der Waals surface area contributed by atoms with Crippen molar-refractivity contribution >= 4 is 5.97 Å². The van der Waals surface area contributed by atoms with Crippen LogP contribution in [0.1, 0.15) is 55.6 Å². The Kier molecular flexibility index (Phi) is 4.03. The highest BCUT2D eigenvalue weighted by atomic mass is 16.5. The van der Waals surface area contributed by atoms with E-state index in [2.05, 4.69) is 24.3 Å². The molecular formula is C18H24O3. The molecule has 3 heteroatoms. The Labute approximate surface area is 126 Å². The first-order chi connectivity index (χ1) is 10.1. The zero-order chi connectivity index (χ0) is 14.9. The SMILES string of the molecule is COC1(CCc2ccc(C(CC(=O)O)C3CC3)cc2)CC1. The van der Waals surface area contributed by atoms with Gasteiger partial charge in [-0.1, -0.05) is 24.3 Å². The highest BCUT2D eigenvalue weighted by molar-refractivity contribution is 5.68. The van der Waals surface area contributed by atoms with E-state index in [4.69, 9.17) is 9.84 Å². The predicted octanol–water partition coefficient (Wildman–Crippen LogP) is 3.77. The zero-order valence-corrected chi connectivity index (χ0v) is 12.7. The van der Waals surface area contributed by atoms with Gasteiger partial charge in [0, 0.05) is 7.11 Å². The quantitative estimate of drug-likeness (QED) is 0.792. The van der Waals surface area contributed by atoms with Crippen LogP contribution >= 0.6 is 0 Å². The van der Waals surface area contributed by atoms with E-state index in [9.17, 15) is 4.79 Å². The Bertz CT molecular complexity index is 498. The second kappa shape index (κ2) is 5.80. The van der Waals surface area contributed by atoms with Gasteiger partial charge in [0.05, 0.1) is 12.0 Å². The van der Waals surface area contributed by atoms with E-state index in [0.717, 1.165) is 12.8 Å². The summed E-state index contributed by atoms with van der Waals surface area (Å²) in [6, 6.07) is 8.60. The van der Waals surface area contributed by atoms with E-state index < -0.39 is 5.97 Å². The van der Waals surface area contributed by atoms with Crippen LogP contribution in [0.3, 0.4) is 0 Å². The maximum absolute atomic E-state index is 11.0. The van der Waals surface area contributed by atoms with Gasteiger partial charge < -0.3 is 9.84 Å². The molecule has 0 radical (unpaired) electrons. The number of hydrogen-bond acceptors (Lipinski definition) is 2. The van der Waals surface area contributed by atoms with Gasteiger partial charge in [0.1, 0.15) is 0 Å². The van der Waals surface area contributed by atoms with E-state index >= 15 is 0 Å². The van der Waals surface area contributed by atoms with Crippen LogP contribution in [0, 0.1) is 5.92 Å². The second-order valence-corrected chi connectivity index (χ2v) is 6.67. The molecule has 0 aliphatic heterocycles. The molecule has 2 saturated carbocycles. The van der Waals surface area contributed by atoms with Crippen molar-refractivity contribution in [3.63, 3.8) is 0 Å². The van der Waals surface area contributed by atoms with Gasteiger partial charge in [0.15, 0.2) is 0 Å². The summed E-state index contributed by atoms with van der Waals surface area (Å²) in [5.41, 5.74) is 2.67. The van der Waals surface area contributed by atoms with Crippen molar-refractivity contribution in [2.45, 2.75) is 56.5 Å². The third-order valence-electron chi connectivity index (χ3n) is 5.10. The lowest BCUT2D eigenvalue weighted by Gasteiger charge is -2.16. The van der Waals surface area contributed by atoms with Crippen LogP contribution in [0.5, 0.6) is 0 Å². The summed E-state index contributed by atoms with van der Waals surface area (Å²) in [4.78, 5) is 11.0. The number of carboxylic acids is 1. The molecule has 1 atom stereocenters. The van der Waals surface area contributed by atoms with E-state index in [1.54, 1.807) is 0 Å². The van der Waals surface area contributed by atoms with Crippen molar-refractivity contribution in [1.82, 2.24) is 0 Å². The highest BCUT2D eigenvalue weighted by Crippen LogP contribution is 2.45. The van der Waals surface area contributed by atoms with Gasteiger partial charge >= 0.3 is 5.97 Å². The molecule has 1 aromatic rings. The van der Waals surface area contributed by atoms with E-state index in [0.29, 0.717) is 5.92 Å². The Morgan fingerprint density at radius 1 is 1.33 bits per heavy atom. The molecule has 3 nitrogen and oxygen atoms in total. The molecule has 0 bridgehead atoms. The van der Waals surface area contributed by atoms with Crippen LogP contribution in [0.15, 0.2) is 24.3 Å². The fraction of sp³-hybridized carbons (Fsp3) is 0.611. The number of aryl methyl sites for hydroxylation is 1. The molecule has 1 unspecified atom stereocenters. The summed E-state index contributed by atoms with van der Waals surface area (Å²) in [6.45, 7) is 0. The maximum Gasteiger partial charge on any atom is 0.303 e. The summed E-state index contributed by atoms with van der Waals surface area (Å²) < 4.78 is 5.55. The first kappa shape index (κ1) is 14.6. The third-order valence-corrected chi connectivity index (χ3v) is 5.10. The average molecular weight is 288 g/mol. The lowest BCUT2D eigenvalue weighted by molar-refractivity contribution is -0.137. The van der Waals surface area contributed by atoms with Crippen molar-refractivity contribution in [3.05, 3.63) is 35.4 Å². The average Bonchev–Trinajstić information content (AvgIpc) is 3.38. The first-order valence-corrected chi connectivity index (χ1v) is 7.98. The third kappa shape index (κ3) is 3.65. The molecule has 1 N–H and O–H groups in total. The fourth-order valence-corrected chi connectivity index (χ4v) is 3.24. The number of rotatable bonds is 8. The van der Waals surface area contributed by atoms with Gasteiger partial charge in [-0.05, 0) is 61.5 Å². The largest absolute Gasteiger partial charge is 0.481 e. The molecule has 2 fully saturated rings. The summed E-state index contributed by atoms with van der Waals surface area (Å²) in [7, 11) is 1.81. The number of methoxy groups -OCH3 is 1. The van der Waals surface area contributed by atoms with Crippen molar-refractivity contribution in [2.24, 2.45) is 5.92 Å². The maximum atomic E-state index is 11.0. The van der Waals surface area contributed by atoms with Gasteiger partial charge in [0.2, 0.25) is 0 Å². The number of hydrogen-bond donors (Lipinski definition) is 1. The van der Waals surface area contributed by atoms with E-state index in [1.165, 1.54) is 36.8 Å². The number of ether oxygens (including phenoxy) is 1. The number of aliphatic carboxylic acids is 1. The smallest absolute Gasteiger partial charge is 0.303 e. The van der Waals surface area contributed by atoms with Crippen LogP contribution in [0.2, 0.25) is 0 Å². The van der Waals surface area contributed by atoms with Gasteiger partial charge in [-0.2, -0.15) is 0 Å². The van der Waals surface area contributed by atoms with Crippen molar-refractivity contribution in [3.8, 4) is 0 Å². The highest BCUT2D eigenvalue weighted by Gasteiger charge is 2.42. The van der Waals surface area contributed by atoms with Crippen LogP contribution in [0.4, 0.5) is 0 Å². The Balaban J connectivity index is 1.61. The van der Waals surface area contributed by atoms with Crippen LogP contribution in [-0.2, 0) is 16.0 Å². The molecule has 21 heavy (non-hydrogen) atoms. The topological polar surface area (TPSA) is 46.5 Å². The van der Waals surface area contributed by atoms with Gasteiger partial charge in [-0.15, -0.1) is 0 Å². The molecule has 0 aromatic heterocycles. The minimum atomic E-state index is -0.688. The molecule has 2 aliphatic carbocycles. The molecule has 0 amide bonds. The predicted molar refractivity (Wildman–Crippen MR) is 81.5 cm³/mol. The number of carbonyl (C=O) groups is 1. The van der Waals surface area contributed by atoms with Crippen molar-refractivity contribution in [2.75, 3.05) is 7.11 Å². The molecular weight excluding hydrogens is 264 g/mol. The van der Waals surface area contributed by atoms with E-state index in [-0.39, 0.29) is 17.9 Å². The number of benzene rings is 1. The summed E-state index contributed by atoms with van der Waals surface area (Å²) in [6.07, 6.45) is 7.11. The molecule has 1 aromatic carbocycles. The molecule has 0 saturated heterocycles. The Hall–Kier alpha value is -1.35. The lowest BCUT2D eigenvalue weighted by atomic mass is 9.90. The van der Waals surface area contributed by atoms with Crippen molar-refractivity contribution in [1.29, 1.82) is 0 Å². The summed E-state index contributed by atoms with van der Waals surface area (Å²) in [5.74, 6) is 0.0900. The molecule has 114 valence electrons. The Morgan fingerprint density at radius 3 is 2.48 bits per heavy atom. The standard InChI is InChI=1S/C18H24O3/c1-21-18(10-11-18)9-8-13-2-4-14(5-3-13)16(12-17(19)20)15-6-7-15/h2-5,15-16H,6-12H2,1H3,(H,19,20). The van der Waals surface area contributed by atoms with Gasteiger partial charge in [-0.25, -0.2) is 0 Å². The van der Waals surface area contributed by atoms with Gasteiger partial charge in [-0.3, -0.25) is 4.79 Å². The van der Waals surface area contributed by atoms with Gasteiger partial charge in [0.25, 0.3) is 0 Å². The Morgan fingerprint density at radius 2 is 2.00 bits per heavy atom. The van der Waals surface area contributed by atoms with E-state index in [1.807, 2.05) is 7.11 Å². The normalized spacial score (nSPS) is 21.0. The minimum Gasteiger partial charge on any atom is -0.481 e. The van der Waals surface area contributed by atoms with Crippen LogP contribution in [-0.4, -0.2) is 23.8 Å². The first-order valence-electron chi connectivity index (χ1n) is 7.98. The fourth-order valence-electron chi connectivity index (χ4n) is 3.24. The number of carboxylic acid groups (broad SMARTS) is 1. The minimum absolute atomic E-state index is 0.151. The van der Waals surface area contributed by atoms with Crippen LogP contribution < -0.4 is 0 Å². The summed E-state index contributed by atoms with van der Waals surface area (Å²) >= 11 is 0. The van der Waals surface area contributed by atoms with Crippen LogP contribution in [0.25, 0.3) is 0 Å². The zero-order valence-electron chi connectivity index (χ0n) is 12.7. The summed E-state index contributed by atoms with van der Waals surface area (Å²) in [5, 5.41) is 9.07. The molecule has 0 heterocycles. The molecule has 3 rings (SSSR count). The van der Waals surface area contributed by atoms with Crippen molar-refractivity contribution < 1.29 is 14.6 Å². The second-order valence-electron chi connectivity index (χ2n) is 6.67. The molecule has 0 spiro atoms.